The van der Waals surface area contributed by atoms with Crippen LogP contribution in [0.3, 0.4) is 0 Å². The summed E-state index contributed by atoms with van der Waals surface area (Å²) in [6, 6.07) is 11.2. The number of hydrogen-bond acceptors (Lipinski definition) is 0. The van der Waals surface area contributed by atoms with Gasteiger partial charge in [-0.1, -0.05) is 81.3 Å². The molecule has 0 unspecified atom stereocenters. The summed E-state index contributed by atoms with van der Waals surface area (Å²) < 4.78 is 27.3. The SMILES string of the molecule is CCCCCCCC1CCC(c2ccc(Cc3cc(F)c(Cl)c(F)c3)cc2)CC1. The van der Waals surface area contributed by atoms with Crippen LogP contribution in [0, 0.1) is 17.6 Å². The molecular weight excluding hydrogens is 386 g/mol. The molecule has 2 aromatic carbocycles. The predicted octanol–water partition coefficient (Wildman–Crippen LogP) is 8.84. The van der Waals surface area contributed by atoms with Gasteiger partial charge in [-0.2, -0.15) is 0 Å². The number of benzene rings is 2. The second kappa shape index (κ2) is 11.1. The summed E-state index contributed by atoms with van der Waals surface area (Å²) in [5.74, 6) is 0.188. The zero-order valence-corrected chi connectivity index (χ0v) is 18.3. The molecule has 3 rings (SSSR count). The Morgan fingerprint density at radius 1 is 0.828 bits per heavy atom. The number of hydrogen-bond donors (Lipinski definition) is 0. The van der Waals surface area contributed by atoms with Crippen LogP contribution in [0.25, 0.3) is 0 Å². The van der Waals surface area contributed by atoms with Crippen molar-refractivity contribution >= 4 is 11.6 Å². The lowest BCUT2D eigenvalue weighted by Crippen LogP contribution is -2.13. The highest BCUT2D eigenvalue weighted by molar-refractivity contribution is 6.30. The van der Waals surface area contributed by atoms with E-state index in [1.807, 2.05) is 0 Å². The summed E-state index contributed by atoms with van der Waals surface area (Å²) in [6.45, 7) is 2.27. The molecule has 0 nitrogen and oxygen atoms in total. The molecule has 1 fully saturated rings. The van der Waals surface area contributed by atoms with Crippen molar-refractivity contribution in [3.63, 3.8) is 0 Å². The van der Waals surface area contributed by atoms with E-state index in [0.717, 1.165) is 11.5 Å². The molecule has 0 bridgehead atoms. The Labute approximate surface area is 179 Å². The molecule has 0 atom stereocenters. The Kier molecular flexibility index (Phi) is 8.53. The first-order chi connectivity index (χ1) is 14.1. The maximum absolute atomic E-state index is 13.6. The fourth-order valence-electron chi connectivity index (χ4n) is 4.67. The summed E-state index contributed by atoms with van der Waals surface area (Å²) >= 11 is 5.57. The summed E-state index contributed by atoms with van der Waals surface area (Å²) in [5.41, 5.74) is 3.08. The predicted molar refractivity (Wildman–Crippen MR) is 119 cm³/mol. The van der Waals surface area contributed by atoms with Gasteiger partial charge in [0.25, 0.3) is 0 Å². The van der Waals surface area contributed by atoms with Gasteiger partial charge in [0.15, 0.2) is 0 Å². The van der Waals surface area contributed by atoms with Crippen molar-refractivity contribution in [1.29, 1.82) is 0 Å². The second-order valence-electron chi connectivity index (χ2n) is 8.71. The van der Waals surface area contributed by atoms with E-state index >= 15 is 0 Å². The first-order valence-corrected chi connectivity index (χ1v) is 11.7. The Balaban J connectivity index is 1.47. The highest BCUT2D eigenvalue weighted by Crippen LogP contribution is 2.38. The third-order valence-electron chi connectivity index (χ3n) is 6.47. The topological polar surface area (TPSA) is 0 Å². The van der Waals surface area contributed by atoms with Crippen molar-refractivity contribution in [3.05, 3.63) is 69.7 Å². The van der Waals surface area contributed by atoms with Crippen LogP contribution in [0.15, 0.2) is 36.4 Å². The van der Waals surface area contributed by atoms with Crippen LogP contribution in [0.4, 0.5) is 8.78 Å². The zero-order chi connectivity index (χ0) is 20.6. The number of rotatable bonds is 9. The Morgan fingerprint density at radius 2 is 1.45 bits per heavy atom. The van der Waals surface area contributed by atoms with E-state index in [9.17, 15) is 8.78 Å². The Morgan fingerprint density at radius 3 is 2.07 bits per heavy atom. The Hall–Kier alpha value is -1.41. The molecule has 158 valence electrons. The van der Waals surface area contributed by atoms with Gasteiger partial charge in [-0.05, 0) is 72.8 Å². The van der Waals surface area contributed by atoms with Gasteiger partial charge >= 0.3 is 0 Å². The van der Waals surface area contributed by atoms with Crippen LogP contribution in [-0.4, -0.2) is 0 Å². The van der Waals surface area contributed by atoms with Gasteiger partial charge in [-0.25, -0.2) is 8.78 Å². The molecule has 1 aliphatic carbocycles. The maximum Gasteiger partial charge on any atom is 0.145 e. The maximum atomic E-state index is 13.6. The van der Waals surface area contributed by atoms with Crippen molar-refractivity contribution in [1.82, 2.24) is 0 Å². The first kappa shape index (κ1) is 22.3. The van der Waals surface area contributed by atoms with Crippen LogP contribution in [-0.2, 0) is 6.42 Å². The van der Waals surface area contributed by atoms with Crippen LogP contribution in [0.2, 0.25) is 5.02 Å². The van der Waals surface area contributed by atoms with Crippen LogP contribution in [0.5, 0.6) is 0 Å². The first-order valence-electron chi connectivity index (χ1n) is 11.3. The summed E-state index contributed by atoms with van der Waals surface area (Å²) in [6.07, 6.45) is 14.1. The molecule has 1 aliphatic rings. The van der Waals surface area contributed by atoms with Crippen LogP contribution < -0.4 is 0 Å². The van der Waals surface area contributed by atoms with Crippen molar-refractivity contribution in [2.75, 3.05) is 0 Å². The fraction of sp³-hybridized carbons (Fsp3) is 0.538. The third-order valence-corrected chi connectivity index (χ3v) is 6.83. The second-order valence-corrected chi connectivity index (χ2v) is 9.09. The smallest absolute Gasteiger partial charge is 0.145 e. The molecule has 0 N–H and O–H groups in total. The molecule has 2 aromatic rings. The normalized spacial score (nSPS) is 19.4. The van der Waals surface area contributed by atoms with Crippen LogP contribution in [0.1, 0.15) is 93.7 Å². The molecule has 0 saturated heterocycles. The van der Waals surface area contributed by atoms with Crippen molar-refractivity contribution in [2.45, 2.75) is 83.5 Å². The summed E-state index contributed by atoms with van der Waals surface area (Å²) in [4.78, 5) is 0. The average Bonchev–Trinajstić information content (AvgIpc) is 2.73. The van der Waals surface area contributed by atoms with Gasteiger partial charge in [0, 0.05) is 0 Å². The number of unbranched alkanes of at least 4 members (excludes halogenated alkanes) is 4. The van der Waals surface area contributed by atoms with Crippen LogP contribution >= 0.6 is 11.6 Å². The standard InChI is InChI=1S/C26H33ClF2/c1-2-3-4-5-6-7-19-8-12-22(13-9-19)23-14-10-20(11-15-23)16-21-17-24(28)26(27)25(29)18-21/h10-11,14-15,17-19,22H,2-9,12-13,16H2,1H3. The van der Waals surface area contributed by atoms with E-state index < -0.39 is 16.7 Å². The van der Waals surface area contributed by atoms with E-state index in [4.69, 9.17) is 11.6 Å². The van der Waals surface area contributed by atoms with E-state index in [1.165, 1.54) is 81.9 Å². The summed E-state index contributed by atoms with van der Waals surface area (Å²) in [5, 5.41) is -0.430. The van der Waals surface area contributed by atoms with Gasteiger partial charge in [0.1, 0.15) is 16.7 Å². The van der Waals surface area contributed by atoms with E-state index in [0.29, 0.717) is 17.9 Å². The third kappa shape index (κ3) is 6.54. The molecular formula is C26H33ClF2. The molecule has 29 heavy (non-hydrogen) atoms. The fourth-order valence-corrected chi connectivity index (χ4v) is 4.78. The van der Waals surface area contributed by atoms with E-state index in [1.54, 1.807) is 0 Å². The highest BCUT2D eigenvalue weighted by atomic mass is 35.5. The molecule has 0 aliphatic heterocycles. The van der Waals surface area contributed by atoms with Gasteiger partial charge in [0.2, 0.25) is 0 Å². The van der Waals surface area contributed by atoms with Gasteiger partial charge < -0.3 is 0 Å². The molecule has 1 saturated carbocycles. The largest absolute Gasteiger partial charge is 0.205 e. The minimum atomic E-state index is -0.694. The quantitative estimate of drug-likeness (QED) is 0.281. The van der Waals surface area contributed by atoms with Gasteiger partial charge in [-0.15, -0.1) is 0 Å². The highest BCUT2D eigenvalue weighted by Gasteiger charge is 2.22. The van der Waals surface area contributed by atoms with Crippen molar-refractivity contribution in [2.24, 2.45) is 5.92 Å². The number of halogens is 3. The molecule has 0 amide bonds. The van der Waals surface area contributed by atoms with Crippen molar-refractivity contribution in [3.8, 4) is 0 Å². The molecule has 0 spiro atoms. The lowest BCUT2D eigenvalue weighted by atomic mass is 9.77. The monoisotopic (exact) mass is 418 g/mol. The van der Waals surface area contributed by atoms with Crippen molar-refractivity contribution < 1.29 is 8.78 Å². The van der Waals surface area contributed by atoms with E-state index in [2.05, 4.69) is 31.2 Å². The zero-order valence-electron chi connectivity index (χ0n) is 17.5. The minimum absolute atomic E-state index is 0.430. The Bertz CT molecular complexity index is 738. The minimum Gasteiger partial charge on any atom is -0.205 e. The lowest BCUT2D eigenvalue weighted by Gasteiger charge is -2.29. The van der Waals surface area contributed by atoms with Gasteiger partial charge in [-0.3, -0.25) is 0 Å². The van der Waals surface area contributed by atoms with Gasteiger partial charge in [0.05, 0.1) is 0 Å². The molecule has 3 heteroatoms. The molecule has 0 radical (unpaired) electrons. The average molecular weight is 419 g/mol. The molecule has 0 aromatic heterocycles. The lowest BCUT2D eigenvalue weighted by molar-refractivity contribution is 0.302. The molecule has 0 heterocycles. The van der Waals surface area contributed by atoms with E-state index in [-0.39, 0.29) is 0 Å². The summed E-state index contributed by atoms with van der Waals surface area (Å²) in [7, 11) is 0.